The van der Waals surface area contributed by atoms with E-state index in [2.05, 4.69) is 5.32 Å². The summed E-state index contributed by atoms with van der Waals surface area (Å²) in [4.78, 5) is 26.6. The number of nitrogens with zero attached hydrogens (tertiary/aromatic N) is 1. The fourth-order valence-electron chi connectivity index (χ4n) is 3.59. The van der Waals surface area contributed by atoms with E-state index in [-0.39, 0.29) is 34.6 Å². The zero-order valence-corrected chi connectivity index (χ0v) is 17.5. The van der Waals surface area contributed by atoms with Crippen LogP contribution < -0.4 is 10.1 Å². The molecule has 0 aromatic heterocycles. The first-order valence-corrected chi connectivity index (χ1v) is 10.1. The molecule has 0 radical (unpaired) electrons. The van der Waals surface area contributed by atoms with Crippen LogP contribution in [-0.4, -0.2) is 69.6 Å². The Morgan fingerprint density at radius 3 is 2.24 bits per heavy atom. The van der Waals surface area contributed by atoms with Crippen LogP contribution in [0.1, 0.15) is 36.0 Å². The van der Waals surface area contributed by atoms with Crippen LogP contribution in [0.15, 0.2) is 12.1 Å². The van der Waals surface area contributed by atoms with Gasteiger partial charge in [-0.2, -0.15) is 0 Å². The topological polar surface area (TPSA) is 86.3 Å². The lowest BCUT2D eigenvalue weighted by molar-refractivity contribution is 0.0524. The first-order chi connectivity index (χ1) is 14.0. The lowest BCUT2D eigenvalue weighted by Gasteiger charge is -2.28. The average molecular weight is 427 g/mol. The van der Waals surface area contributed by atoms with Crippen LogP contribution in [0.3, 0.4) is 0 Å². The maximum Gasteiger partial charge on any atom is 0.341 e. The molecule has 0 bridgehead atoms. The molecule has 2 heterocycles. The second-order valence-corrected chi connectivity index (χ2v) is 7.54. The smallest absolute Gasteiger partial charge is 0.341 e. The van der Waals surface area contributed by atoms with Crippen LogP contribution in [0.4, 0.5) is 10.5 Å². The monoisotopic (exact) mass is 426 g/mol. The third-order valence-electron chi connectivity index (χ3n) is 5.12. The lowest BCUT2D eigenvalue weighted by atomic mass is 10.1. The van der Waals surface area contributed by atoms with Crippen LogP contribution in [0.25, 0.3) is 0 Å². The quantitative estimate of drug-likeness (QED) is 0.673. The second-order valence-electron chi connectivity index (χ2n) is 7.13. The molecule has 3 rings (SSSR count). The van der Waals surface area contributed by atoms with Crippen molar-refractivity contribution in [2.75, 3.05) is 45.8 Å². The van der Waals surface area contributed by atoms with Gasteiger partial charge in [-0.25, -0.2) is 9.59 Å². The molecule has 1 N–H and O–H groups in total. The molecule has 2 aliphatic rings. The lowest BCUT2D eigenvalue weighted by Crippen LogP contribution is -2.44. The Morgan fingerprint density at radius 1 is 1.14 bits per heavy atom. The van der Waals surface area contributed by atoms with Gasteiger partial charge in [0.05, 0.1) is 37.1 Å². The van der Waals surface area contributed by atoms with Crippen molar-refractivity contribution in [3.8, 4) is 5.75 Å². The Kier molecular flexibility index (Phi) is 7.57. The standard InChI is InChI=1S/C20H27ClN2O6/c1-26-18-10-17(16(21)9-15(18)19(24)27-2)22-20(25)23(11-13-5-3-7-28-13)12-14-6-4-8-29-14/h9-10,13-14H,3-8,11-12H2,1-2H3,(H,22,25)/t13-,14+. The zero-order chi connectivity index (χ0) is 20.8. The third kappa shape index (κ3) is 5.52. The molecular formula is C20H27ClN2O6. The van der Waals surface area contributed by atoms with Gasteiger partial charge in [-0.1, -0.05) is 11.6 Å². The van der Waals surface area contributed by atoms with E-state index < -0.39 is 5.97 Å². The number of anilines is 1. The molecule has 2 aliphatic heterocycles. The highest BCUT2D eigenvalue weighted by atomic mass is 35.5. The summed E-state index contributed by atoms with van der Waals surface area (Å²) in [5.41, 5.74) is 0.541. The molecule has 0 spiro atoms. The Labute approximate surface area is 175 Å². The predicted octanol–water partition coefficient (Wildman–Crippen LogP) is 3.33. The van der Waals surface area contributed by atoms with Crippen LogP contribution in [0.2, 0.25) is 5.02 Å². The summed E-state index contributed by atoms with van der Waals surface area (Å²) in [5, 5.41) is 3.05. The fourth-order valence-corrected chi connectivity index (χ4v) is 3.80. The summed E-state index contributed by atoms with van der Waals surface area (Å²) < 4.78 is 21.4. The molecule has 0 aliphatic carbocycles. The number of hydrogen-bond donors (Lipinski definition) is 1. The van der Waals surface area contributed by atoms with E-state index >= 15 is 0 Å². The summed E-state index contributed by atoms with van der Waals surface area (Å²) in [7, 11) is 2.71. The van der Waals surface area contributed by atoms with Gasteiger partial charge in [0.15, 0.2) is 0 Å². The van der Waals surface area contributed by atoms with Crippen LogP contribution in [-0.2, 0) is 14.2 Å². The van der Waals surface area contributed by atoms with Crippen molar-refractivity contribution in [1.82, 2.24) is 4.90 Å². The Morgan fingerprint density at radius 2 is 1.76 bits per heavy atom. The third-order valence-corrected chi connectivity index (χ3v) is 5.43. The average Bonchev–Trinajstić information content (AvgIpc) is 3.42. The first-order valence-electron chi connectivity index (χ1n) is 9.76. The van der Waals surface area contributed by atoms with E-state index in [4.69, 9.17) is 30.5 Å². The molecule has 1 aromatic carbocycles. The van der Waals surface area contributed by atoms with E-state index in [0.717, 1.165) is 38.9 Å². The molecule has 0 unspecified atom stereocenters. The van der Waals surface area contributed by atoms with Crippen LogP contribution in [0, 0.1) is 0 Å². The number of hydrogen-bond acceptors (Lipinski definition) is 6. The SMILES string of the molecule is COC(=O)c1cc(Cl)c(NC(=O)N(C[C@H]2CCCO2)C[C@@H]2CCCO2)cc1OC. The van der Waals surface area contributed by atoms with Crippen molar-refractivity contribution in [2.45, 2.75) is 37.9 Å². The van der Waals surface area contributed by atoms with Gasteiger partial charge in [0.1, 0.15) is 11.3 Å². The summed E-state index contributed by atoms with van der Waals surface area (Å²) in [6, 6.07) is 2.64. The summed E-state index contributed by atoms with van der Waals surface area (Å²) in [5.74, 6) is -0.304. The van der Waals surface area contributed by atoms with Crippen LogP contribution in [0.5, 0.6) is 5.75 Å². The van der Waals surface area contributed by atoms with E-state index in [1.165, 1.54) is 26.4 Å². The van der Waals surface area contributed by atoms with Crippen molar-refractivity contribution >= 4 is 29.3 Å². The number of carbonyl (C=O) groups excluding carboxylic acids is 2. The number of esters is 1. The normalized spacial score (nSPS) is 21.1. The highest BCUT2D eigenvalue weighted by Crippen LogP contribution is 2.32. The van der Waals surface area contributed by atoms with Crippen molar-refractivity contribution in [2.24, 2.45) is 0 Å². The molecule has 8 nitrogen and oxygen atoms in total. The number of rotatable bonds is 7. The maximum absolute atomic E-state index is 13.0. The summed E-state index contributed by atoms with van der Waals surface area (Å²) in [6.07, 6.45) is 3.90. The second kappa shape index (κ2) is 10.1. The molecule has 29 heavy (non-hydrogen) atoms. The number of nitrogens with one attached hydrogen (secondary N) is 1. The largest absolute Gasteiger partial charge is 0.496 e. The zero-order valence-electron chi connectivity index (χ0n) is 16.7. The highest BCUT2D eigenvalue weighted by Gasteiger charge is 2.27. The Hall–Kier alpha value is -2.03. The molecule has 2 saturated heterocycles. The summed E-state index contributed by atoms with van der Waals surface area (Å²) >= 11 is 6.30. The van der Waals surface area contributed by atoms with Crippen molar-refractivity contribution in [3.63, 3.8) is 0 Å². The van der Waals surface area contributed by atoms with Crippen molar-refractivity contribution in [3.05, 3.63) is 22.7 Å². The number of urea groups is 1. The molecule has 1 aromatic rings. The molecule has 2 atom stereocenters. The molecule has 2 amide bonds. The molecule has 160 valence electrons. The molecule has 9 heteroatoms. The number of methoxy groups -OCH3 is 2. The summed E-state index contributed by atoms with van der Waals surface area (Å²) in [6.45, 7) is 2.41. The van der Waals surface area contributed by atoms with E-state index in [9.17, 15) is 9.59 Å². The van der Waals surface area contributed by atoms with Gasteiger partial charge in [-0.15, -0.1) is 0 Å². The van der Waals surface area contributed by atoms with Gasteiger partial charge >= 0.3 is 12.0 Å². The van der Waals surface area contributed by atoms with Gasteiger partial charge in [0.25, 0.3) is 0 Å². The fraction of sp³-hybridized carbons (Fsp3) is 0.600. The van der Waals surface area contributed by atoms with Gasteiger partial charge in [-0.3, -0.25) is 0 Å². The number of amides is 2. The Balaban J connectivity index is 1.75. The van der Waals surface area contributed by atoms with E-state index in [0.29, 0.717) is 18.8 Å². The predicted molar refractivity (Wildman–Crippen MR) is 108 cm³/mol. The number of ether oxygens (including phenoxy) is 4. The highest BCUT2D eigenvalue weighted by molar-refractivity contribution is 6.34. The van der Waals surface area contributed by atoms with E-state index in [1.807, 2.05) is 0 Å². The number of halogens is 1. The Bertz CT molecular complexity index is 714. The van der Waals surface area contributed by atoms with Gasteiger partial charge in [-0.05, 0) is 31.7 Å². The van der Waals surface area contributed by atoms with Gasteiger partial charge in [0, 0.05) is 32.4 Å². The number of carbonyl (C=O) groups is 2. The van der Waals surface area contributed by atoms with Crippen molar-refractivity contribution < 1.29 is 28.5 Å². The van der Waals surface area contributed by atoms with Crippen LogP contribution >= 0.6 is 11.6 Å². The molecular weight excluding hydrogens is 400 g/mol. The molecule has 0 saturated carbocycles. The first kappa shape index (κ1) is 21.7. The minimum atomic E-state index is -0.569. The maximum atomic E-state index is 13.0. The van der Waals surface area contributed by atoms with Gasteiger partial charge in [0.2, 0.25) is 0 Å². The van der Waals surface area contributed by atoms with Gasteiger partial charge < -0.3 is 29.2 Å². The minimum absolute atomic E-state index is 0.0221. The van der Waals surface area contributed by atoms with Crippen molar-refractivity contribution in [1.29, 1.82) is 0 Å². The van der Waals surface area contributed by atoms with E-state index in [1.54, 1.807) is 4.90 Å². The number of benzene rings is 1. The molecule has 2 fully saturated rings. The minimum Gasteiger partial charge on any atom is -0.496 e.